The summed E-state index contributed by atoms with van der Waals surface area (Å²) in [5.41, 5.74) is 3.96. The molecule has 1 saturated heterocycles. The highest BCUT2D eigenvalue weighted by Gasteiger charge is 2.13. The van der Waals surface area contributed by atoms with Crippen molar-refractivity contribution in [3.05, 3.63) is 58.6 Å². The fourth-order valence-corrected chi connectivity index (χ4v) is 3.05. The fraction of sp³-hybridized carbons (Fsp3) is 0.350. The molecule has 2 aromatic carbocycles. The van der Waals surface area contributed by atoms with Gasteiger partial charge in [0.05, 0.1) is 13.2 Å². The van der Waals surface area contributed by atoms with Crippen molar-refractivity contribution in [3.8, 4) is 0 Å². The molecule has 1 N–H and O–H groups in total. The minimum absolute atomic E-state index is 0.165. The van der Waals surface area contributed by atoms with Gasteiger partial charge in [0.2, 0.25) is 0 Å². The molecule has 0 saturated carbocycles. The van der Waals surface area contributed by atoms with E-state index in [0.717, 1.165) is 37.4 Å². The Morgan fingerprint density at radius 3 is 2.54 bits per heavy atom. The van der Waals surface area contributed by atoms with Gasteiger partial charge in [-0.2, -0.15) is 0 Å². The lowest BCUT2D eigenvalue weighted by Gasteiger charge is -2.29. The maximum atomic E-state index is 12.4. The van der Waals surface area contributed by atoms with Gasteiger partial charge in [-0.1, -0.05) is 29.8 Å². The van der Waals surface area contributed by atoms with E-state index in [1.165, 1.54) is 5.69 Å². The third-order valence-corrected chi connectivity index (χ3v) is 4.91. The molecular formula is C20H24ClN3O2. The predicted octanol–water partition coefficient (Wildman–Crippen LogP) is 4.15. The lowest BCUT2D eigenvalue weighted by Crippen LogP contribution is -2.36. The number of urea groups is 1. The third kappa shape index (κ3) is 4.68. The van der Waals surface area contributed by atoms with Gasteiger partial charge in [-0.05, 0) is 42.3 Å². The number of ether oxygens (including phenoxy) is 1. The second-order valence-electron chi connectivity index (χ2n) is 6.52. The first kappa shape index (κ1) is 18.5. The van der Waals surface area contributed by atoms with E-state index in [1.54, 1.807) is 18.0 Å². The van der Waals surface area contributed by atoms with Crippen molar-refractivity contribution in [2.75, 3.05) is 43.6 Å². The zero-order valence-corrected chi connectivity index (χ0v) is 15.9. The zero-order chi connectivity index (χ0) is 18.5. The minimum atomic E-state index is -0.165. The van der Waals surface area contributed by atoms with Crippen LogP contribution in [0, 0.1) is 6.92 Å². The molecule has 1 heterocycles. The lowest BCUT2D eigenvalue weighted by atomic mass is 10.2. The van der Waals surface area contributed by atoms with Crippen molar-refractivity contribution in [2.24, 2.45) is 0 Å². The normalized spacial score (nSPS) is 14.2. The summed E-state index contributed by atoms with van der Waals surface area (Å²) < 4.78 is 5.39. The van der Waals surface area contributed by atoms with Crippen molar-refractivity contribution in [3.63, 3.8) is 0 Å². The van der Waals surface area contributed by atoms with Gasteiger partial charge >= 0.3 is 6.03 Å². The van der Waals surface area contributed by atoms with Crippen LogP contribution >= 0.6 is 11.6 Å². The lowest BCUT2D eigenvalue weighted by molar-refractivity contribution is 0.122. The number of hydrogen-bond acceptors (Lipinski definition) is 3. The molecule has 5 nitrogen and oxygen atoms in total. The number of nitrogens with one attached hydrogen (secondary N) is 1. The Balaban J connectivity index is 1.57. The van der Waals surface area contributed by atoms with Gasteiger partial charge < -0.3 is 19.9 Å². The van der Waals surface area contributed by atoms with E-state index in [2.05, 4.69) is 34.5 Å². The number of carbonyl (C=O) groups excluding carboxylic acids is 1. The van der Waals surface area contributed by atoms with Gasteiger partial charge in [0.15, 0.2) is 0 Å². The summed E-state index contributed by atoms with van der Waals surface area (Å²) in [5, 5.41) is 3.52. The number of amides is 2. The largest absolute Gasteiger partial charge is 0.378 e. The Labute approximate surface area is 159 Å². The van der Waals surface area contributed by atoms with E-state index < -0.39 is 0 Å². The molecule has 1 fully saturated rings. The van der Waals surface area contributed by atoms with Crippen molar-refractivity contribution in [1.82, 2.24) is 4.90 Å². The van der Waals surface area contributed by atoms with E-state index in [-0.39, 0.29) is 6.03 Å². The van der Waals surface area contributed by atoms with Crippen LogP contribution in [0.2, 0.25) is 5.02 Å². The maximum Gasteiger partial charge on any atom is 0.321 e. The van der Waals surface area contributed by atoms with Crippen LogP contribution in [0.15, 0.2) is 42.5 Å². The summed E-state index contributed by atoms with van der Waals surface area (Å²) in [7, 11) is 1.78. The first-order valence-electron chi connectivity index (χ1n) is 8.73. The van der Waals surface area contributed by atoms with Crippen molar-refractivity contribution in [1.29, 1.82) is 0 Å². The molecule has 1 aliphatic rings. The van der Waals surface area contributed by atoms with Crippen LogP contribution in [0.1, 0.15) is 11.1 Å². The van der Waals surface area contributed by atoms with Crippen LogP contribution in [0.5, 0.6) is 0 Å². The number of aryl methyl sites for hydroxylation is 1. The van der Waals surface area contributed by atoms with Crippen molar-refractivity contribution in [2.45, 2.75) is 13.5 Å². The molecular weight excluding hydrogens is 350 g/mol. The first-order chi connectivity index (χ1) is 12.5. The average molecular weight is 374 g/mol. The van der Waals surface area contributed by atoms with E-state index in [4.69, 9.17) is 16.3 Å². The second kappa shape index (κ2) is 8.43. The number of anilines is 2. The summed E-state index contributed by atoms with van der Waals surface area (Å²) in [5.74, 6) is 0. The summed E-state index contributed by atoms with van der Waals surface area (Å²) in [4.78, 5) is 16.3. The number of halogens is 1. The molecule has 2 amide bonds. The topological polar surface area (TPSA) is 44.8 Å². The standard InChI is InChI=1S/C20H24ClN3O2/c1-15-3-6-17(13-19(15)21)22-20(25)23(2)14-16-4-7-18(8-5-16)24-9-11-26-12-10-24/h3-8,13H,9-12,14H2,1-2H3,(H,22,25). The van der Waals surface area contributed by atoms with Crippen LogP contribution in [0.25, 0.3) is 0 Å². The molecule has 138 valence electrons. The van der Waals surface area contributed by atoms with Crippen LogP contribution in [0.4, 0.5) is 16.2 Å². The molecule has 6 heteroatoms. The van der Waals surface area contributed by atoms with E-state index in [9.17, 15) is 4.79 Å². The summed E-state index contributed by atoms with van der Waals surface area (Å²) >= 11 is 6.11. The molecule has 1 aliphatic heterocycles. The van der Waals surface area contributed by atoms with E-state index in [0.29, 0.717) is 17.3 Å². The smallest absolute Gasteiger partial charge is 0.321 e. The van der Waals surface area contributed by atoms with Crippen LogP contribution in [0.3, 0.4) is 0 Å². The molecule has 0 bridgehead atoms. The fourth-order valence-electron chi connectivity index (χ4n) is 2.87. The Hall–Kier alpha value is -2.24. The molecule has 0 unspecified atom stereocenters. The summed E-state index contributed by atoms with van der Waals surface area (Å²) in [6.45, 7) is 5.85. The SMILES string of the molecule is Cc1ccc(NC(=O)N(C)Cc2ccc(N3CCOCC3)cc2)cc1Cl. The molecule has 0 spiro atoms. The number of morpholine rings is 1. The quantitative estimate of drug-likeness (QED) is 0.875. The highest BCUT2D eigenvalue weighted by Crippen LogP contribution is 2.21. The van der Waals surface area contributed by atoms with Gasteiger partial charge in [-0.15, -0.1) is 0 Å². The van der Waals surface area contributed by atoms with Crippen molar-refractivity contribution < 1.29 is 9.53 Å². The molecule has 3 rings (SSSR count). The number of carbonyl (C=O) groups is 1. The monoisotopic (exact) mass is 373 g/mol. The molecule has 0 radical (unpaired) electrons. The Kier molecular flexibility index (Phi) is 6.01. The van der Waals surface area contributed by atoms with Gasteiger partial charge in [0, 0.05) is 43.1 Å². The second-order valence-corrected chi connectivity index (χ2v) is 6.92. The number of rotatable bonds is 4. The van der Waals surface area contributed by atoms with Gasteiger partial charge in [-0.25, -0.2) is 4.79 Å². The Morgan fingerprint density at radius 2 is 1.88 bits per heavy atom. The van der Waals surface area contributed by atoms with Crippen LogP contribution in [-0.2, 0) is 11.3 Å². The molecule has 26 heavy (non-hydrogen) atoms. The maximum absolute atomic E-state index is 12.4. The van der Waals surface area contributed by atoms with E-state index in [1.807, 2.05) is 19.1 Å². The average Bonchev–Trinajstić information content (AvgIpc) is 2.66. The van der Waals surface area contributed by atoms with Crippen molar-refractivity contribution >= 4 is 29.0 Å². The summed E-state index contributed by atoms with van der Waals surface area (Å²) in [6, 6.07) is 13.7. The molecule has 0 aliphatic carbocycles. The minimum Gasteiger partial charge on any atom is -0.378 e. The highest BCUT2D eigenvalue weighted by atomic mass is 35.5. The summed E-state index contributed by atoms with van der Waals surface area (Å²) in [6.07, 6.45) is 0. The predicted molar refractivity (Wildman–Crippen MR) is 106 cm³/mol. The first-order valence-corrected chi connectivity index (χ1v) is 9.10. The molecule has 2 aromatic rings. The zero-order valence-electron chi connectivity index (χ0n) is 15.2. The Bertz CT molecular complexity index is 758. The van der Waals surface area contributed by atoms with Gasteiger partial charge in [0.1, 0.15) is 0 Å². The third-order valence-electron chi connectivity index (χ3n) is 4.50. The Morgan fingerprint density at radius 1 is 1.19 bits per heavy atom. The van der Waals surface area contributed by atoms with Gasteiger partial charge in [-0.3, -0.25) is 0 Å². The number of nitrogens with zero attached hydrogens (tertiary/aromatic N) is 2. The van der Waals surface area contributed by atoms with Gasteiger partial charge in [0.25, 0.3) is 0 Å². The number of benzene rings is 2. The van der Waals surface area contributed by atoms with Crippen LogP contribution < -0.4 is 10.2 Å². The number of hydrogen-bond donors (Lipinski definition) is 1. The molecule has 0 aromatic heterocycles. The van der Waals surface area contributed by atoms with E-state index >= 15 is 0 Å². The highest BCUT2D eigenvalue weighted by molar-refractivity contribution is 6.31. The van der Waals surface area contributed by atoms with Crippen LogP contribution in [-0.4, -0.2) is 44.3 Å². The molecule has 0 atom stereocenters.